The number of nitrogens with zero attached hydrogens (tertiary/aromatic N) is 2. The molecule has 2 heterocycles. The Morgan fingerprint density at radius 2 is 1.85 bits per heavy atom. The summed E-state index contributed by atoms with van der Waals surface area (Å²) >= 11 is 0. The molecule has 140 valence electrons. The van der Waals surface area contributed by atoms with Crippen LogP contribution in [-0.4, -0.2) is 39.0 Å². The zero-order chi connectivity index (χ0) is 19.1. The Labute approximate surface area is 152 Å². The Morgan fingerprint density at radius 3 is 2.42 bits per heavy atom. The minimum absolute atomic E-state index is 0.0823. The molecule has 0 unspecified atom stereocenters. The smallest absolute Gasteiger partial charge is 0.326 e. The van der Waals surface area contributed by atoms with E-state index in [1.54, 1.807) is 18.2 Å². The van der Waals surface area contributed by atoms with Crippen LogP contribution in [0, 0.1) is 0 Å². The van der Waals surface area contributed by atoms with Gasteiger partial charge in [0.15, 0.2) is 0 Å². The van der Waals surface area contributed by atoms with Gasteiger partial charge in [-0.25, -0.2) is 4.79 Å². The van der Waals surface area contributed by atoms with E-state index in [9.17, 15) is 14.4 Å². The molecule has 1 aliphatic rings. The Morgan fingerprint density at radius 1 is 1.19 bits per heavy atom. The third-order valence-electron chi connectivity index (χ3n) is 5.03. The number of hydrogen-bond donors (Lipinski definition) is 2. The average molecular weight is 358 g/mol. The fourth-order valence-electron chi connectivity index (χ4n) is 3.64. The molecule has 0 bridgehead atoms. The number of carbonyl (C=O) groups excluding carboxylic acids is 1. The minimum atomic E-state index is -0.371. The van der Waals surface area contributed by atoms with Gasteiger partial charge < -0.3 is 10.3 Å². The maximum atomic E-state index is 13.0. The molecule has 3 rings (SSSR count). The van der Waals surface area contributed by atoms with Crippen LogP contribution >= 0.6 is 0 Å². The number of nitrogens with one attached hydrogen (secondary N) is 2. The Kier molecular flexibility index (Phi) is 4.75. The van der Waals surface area contributed by atoms with Crippen molar-refractivity contribution in [2.45, 2.75) is 52.1 Å². The SMILES string of the molecule is CC(=O)Nc1ccc2[nH]c(=O)n(C3CCN(C(C)(C)C)CC3)c(=O)c2c1. The highest BCUT2D eigenvalue weighted by Gasteiger charge is 2.29. The predicted molar refractivity (Wildman–Crippen MR) is 103 cm³/mol. The quantitative estimate of drug-likeness (QED) is 0.860. The largest absolute Gasteiger partial charge is 0.329 e. The molecular formula is C19H26N4O3. The number of rotatable bonds is 2. The van der Waals surface area contributed by atoms with Gasteiger partial charge in [-0.1, -0.05) is 0 Å². The van der Waals surface area contributed by atoms with Gasteiger partial charge in [0.25, 0.3) is 5.56 Å². The third kappa shape index (κ3) is 3.58. The fraction of sp³-hybridized carbons (Fsp3) is 0.526. The summed E-state index contributed by atoms with van der Waals surface area (Å²) in [6.07, 6.45) is 1.52. The average Bonchev–Trinajstić information content (AvgIpc) is 2.55. The lowest BCUT2D eigenvalue weighted by molar-refractivity contribution is -0.114. The number of H-pyrrole nitrogens is 1. The normalized spacial score (nSPS) is 16.8. The van der Waals surface area contributed by atoms with Gasteiger partial charge in [-0.2, -0.15) is 0 Å². The molecule has 0 radical (unpaired) electrons. The molecule has 0 saturated carbocycles. The highest BCUT2D eigenvalue weighted by atomic mass is 16.2. The summed E-state index contributed by atoms with van der Waals surface area (Å²) in [5.41, 5.74) is 0.439. The standard InChI is InChI=1S/C19H26N4O3/c1-12(24)20-13-5-6-16-15(11-13)17(25)23(18(26)21-16)14-7-9-22(10-8-14)19(2,3)4/h5-6,11,14H,7-10H2,1-4H3,(H,20,24)(H,21,26). The Hall–Kier alpha value is -2.41. The minimum Gasteiger partial charge on any atom is -0.326 e. The number of aromatic amines is 1. The van der Waals surface area contributed by atoms with Crippen molar-refractivity contribution in [2.24, 2.45) is 0 Å². The number of amides is 1. The van der Waals surface area contributed by atoms with Crippen molar-refractivity contribution in [1.29, 1.82) is 0 Å². The maximum absolute atomic E-state index is 13.0. The van der Waals surface area contributed by atoms with Gasteiger partial charge >= 0.3 is 5.69 Å². The molecular weight excluding hydrogens is 332 g/mol. The summed E-state index contributed by atoms with van der Waals surface area (Å²) in [6.45, 7) is 9.63. The lowest BCUT2D eigenvalue weighted by atomic mass is 9.98. The van der Waals surface area contributed by atoms with Gasteiger partial charge in [0, 0.05) is 37.3 Å². The van der Waals surface area contributed by atoms with E-state index in [-0.39, 0.29) is 28.7 Å². The van der Waals surface area contributed by atoms with Crippen LogP contribution in [0.3, 0.4) is 0 Å². The van der Waals surface area contributed by atoms with E-state index < -0.39 is 0 Å². The van der Waals surface area contributed by atoms with E-state index in [0.717, 1.165) is 25.9 Å². The van der Waals surface area contributed by atoms with Crippen molar-refractivity contribution in [3.63, 3.8) is 0 Å². The molecule has 2 aromatic rings. The number of likely N-dealkylation sites (tertiary alicyclic amines) is 1. The molecule has 0 spiro atoms. The van der Waals surface area contributed by atoms with Crippen molar-refractivity contribution in [3.8, 4) is 0 Å². The van der Waals surface area contributed by atoms with Crippen LogP contribution in [0.4, 0.5) is 5.69 Å². The summed E-state index contributed by atoms with van der Waals surface area (Å²) in [6, 6.07) is 4.83. The van der Waals surface area contributed by atoms with Gasteiger partial charge in [-0.15, -0.1) is 0 Å². The zero-order valence-corrected chi connectivity index (χ0v) is 15.8. The van der Waals surface area contributed by atoms with Crippen LogP contribution < -0.4 is 16.6 Å². The van der Waals surface area contributed by atoms with Gasteiger partial charge in [0.1, 0.15) is 0 Å². The molecule has 7 nitrogen and oxygen atoms in total. The fourth-order valence-corrected chi connectivity index (χ4v) is 3.64. The molecule has 1 fully saturated rings. The molecule has 1 saturated heterocycles. The van der Waals surface area contributed by atoms with E-state index in [4.69, 9.17) is 0 Å². The van der Waals surface area contributed by atoms with E-state index in [2.05, 4.69) is 36.0 Å². The first-order valence-electron chi connectivity index (χ1n) is 8.98. The number of carbonyl (C=O) groups is 1. The number of fused-ring (bicyclic) bond motifs is 1. The van der Waals surface area contributed by atoms with Crippen LogP contribution in [0.15, 0.2) is 27.8 Å². The summed E-state index contributed by atoms with van der Waals surface area (Å²) < 4.78 is 1.35. The van der Waals surface area contributed by atoms with Gasteiger partial charge in [-0.3, -0.25) is 19.1 Å². The number of piperidine rings is 1. The van der Waals surface area contributed by atoms with Crippen molar-refractivity contribution in [1.82, 2.24) is 14.5 Å². The summed E-state index contributed by atoms with van der Waals surface area (Å²) in [7, 11) is 0. The van der Waals surface area contributed by atoms with Gasteiger partial charge in [-0.05, 0) is 51.8 Å². The summed E-state index contributed by atoms with van der Waals surface area (Å²) in [5, 5.41) is 3.09. The molecule has 1 amide bonds. The molecule has 1 aromatic heterocycles. The highest BCUT2D eigenvalue weighted by Crippen LogP contribution is 2.25. The molecule has 1 aromatic carbocycles. The topological polar surface area (TPSA) is 87.2 Å². The lowest BCUT2D eigenvalue weighted by Gasteiger charge is -2.41. The Bertz CT molecular complexity index is 944. The third-order valence-corrected chi connectivity index (χ3v) is 5.03. The first-order chi connectivity index (χ1) is 12.2. The number of benzene rings is 1. The van der Waals surface area contributed by atoms with Crippen LogP contribution in [0.25, 0.3) is 10.9 Å². The predicted octanol–water partition coefficient (Wildman–Crippen LogP) is 2.08. The van der Waals surface area contributed by atoms with Crippen LogP contribution in [-0.2, 0) is 4.79 Å². The number of anilines is 1. The maximum Gasteiger partial charge on any atom is 0.329 e. The van der Waals surface area contributed by atoms with Crippen molar-refractivity contribution < 1.29 is 4.79 Å². The van der Waals surface area contributed by atoms with E-state index in [1.807, 2.05) is 0 Å². The van der Waals surface area contributed by atoms with Gasteiger partial charge in [0.05, 0.1) is 10.9 Å². The second kappa shape index (κ2) is 6.72. The molecule has 26 heavy (non-hydrogen) atoms. The molecule has 2 N–H and O–H groups in total. The van der Waals surface area contributed by atoms with Crippen molar-refractivity contribution in [3.05, 3.63) is 39.0 Å². The first kappa shape index (κ1) is 18.4. The summed E-state index contributed by atoms with van der Waals surface area (Å²) in [4.78, 5) is 41.9. The van der Waals surface area contributed by atoms with Crippen LogP contribution in [0.2, 0.25) is 0 Å². The number of aromatic nitrogens is 2. The number of hydrogen-bond acceptors (Lipinski definition) is 4. The molecule has 0 aliphatic carbocycles. The molecule has 0 atom stereocenters. The van der Waals surface area contributed by atoms with Crippen molar-refractivity contribution in [2.75, 3.05) is 18.4 Å². The van der Waals surface area contributed by atoms with E-state index in [1.165, 1.54) is 11.5 Å². The van der Waals surface area contributed by atoms with Gasteiger partial charge in [0.2, 0.25) is 5.91 Å². The zero-order valence-electron chi connectivity index (χ0n) is 15.8. The second-order valence-corrected chi connectivity index (χ2v) is 7.94. The van der Waals surface area contributed by atoms with E-state index >= 15 is 0 Å². The highest BCUT2D eigenvalue weighted by molar-refractivity contribution is 5.91. The Balaban J connectivity index is 1.97. The van der Waals surface area contributed by atoms with E-state index in [0.29, 0.717) is 16.6 Å². The monoisotopic (exact) mass is 358 g/mol. The second-order valence-electron chi connectivity index (χ2n) is 7.94. The molecule has 7 heteroatoms. The summed E-state index contributed by atoms with van der Waals surface area (Å²) in [5.74, 6) is -0.205. The lowest BCUT2D eigenvalue weighted by Crippen LogP contribution is -2.49. The van der Waals surface area contributed by atoms with Crippen LogP contribution in [0.1, 0.15) is 46.6 Å². The first-order valence-corrected chi connectivity index (χ1v) is 8.98. The van der Waals surface area contributed by atoms with Crippen LogP contribution in [0.5, 0.6) is 0 Å². The molecule has 1 aliphatic heterocycles. The van der Waals surface area contributed by atoms with Crippen molar-refractivity contribution >= 4 is 22.5 Å².